The van der Waals surface area contributed by atoms with Gasteiger partial charge in [-0.1, -0.05) is 84.3 Å². The minimum absolute atomic E-state index is 0.00386. The van der Waals surface area contributed by atoms with Crippen molar-refractivity contribution in [2.75, 3.05) is 47.6 Å². The van der Waals surface area contributed by atoms with Crippen LogP contribution in [0.5, 0.6) is 0 Å². The number of ether oxygens (including phenoxy) is 6. The highest BCUT2D eigenvalue weighted by molar-refractivity contribution is 6.38. The van der Waals surface area contributed by atoms with E-state index in [9.17, 15) is 44.1 Å². The smallest absolute Gasteiger partial charge is 0.316 e. The number of piperidine rings is 1. The third kappa shape index (κ3) is 17.6. The van der Waals surface area contributed by atoms with Crippen molar-refractivity contribution in [1.82, 2.24) is 4.90 Å². The second-order valence-corrected chi connectivity index (χ2v) is 22.8. The molecule has 0 radical (unpaired) electrons. The first-order valence-corrected chi connectivity index (χ1v) is 27.8. The van der Waals surface area contributed by atoms with Crippen LogP contribution in [0.2, 0.25) is 6.32 Å². The summed E-state index contributed by atoms with van der Waals surface area (Å²) >= 11 is 0. The van der Waals surface area contributed by atoms with Gasteiger partial charge in [0, 0.05) is 71.6 Å². The Balaban J connectivity index is 1.64. The molecule has 4 rings (SSSR count). The van der Waals surface area contributed by atoms with Gasteiger partial charge in [-0.05, 0) is 107 Å². The number of methoxy groups -OCH3 is 3. The summed E-state index contributed by atoms with van der Waals surface area (Å²) in [5, 5.41) is 33.6. The topological polar surface area (TPSA) is 231 Å². The number of carbonyl (C=O) groups is 6. The number of rotatable bonds is 13. The largest absolute Gasteiger partial charge is 0.461 e. The second kappa shape index (κ2) is 30.5. The maximum atomic E-state index is 14.4. The van der Waals surface area contributed by atoms with Crippen molar-refractivity contribution >= 4 is 42.7 Å². The van der Waals surface area contributed by atoms with E-state index in [-0.39, 0.29) is 55.4 Å². The first-order valence-electron chi connectivity index (χ1n) is 27.8. The van der Waals surface area contributed by atoms with E-state index in [1.54, 1.807) is 54.9 Å². The zero-order chi connectivity index (χ0) is 56.5. The monoisotopic (exact) mass is 1070 g/mol. The molecule has 0 aromatic heterocycles. The molecule has 3 aliphatic heterocycles. The number of esters is 2. The van der Waals surface area contributed by atoms with Crippen LogP contribution in [-0.4, -0.2) is 159 Å². The molecule has 17 nitrogen and oxygen atoms in total. The van der Waals surface area contributed by atoms with Crippen LogP contribution in [0.25, 0.3) is 0 Å². The van der Waals surface area contributed by atoms with Crippen LogP contribution in [0.3, 0.4) is 0 Å². The van der Waals surface area contributed by atoms with Gasteiger partial charge >= 0.3 is 11.9 Å². The van der Waals surface area contributed by atoms with Crippen LogP contribution >= 0.6 is 0 Å². The fourth-order valence-corrected chi connectivity index (χ4v) is 11.1. The first-order chi connectivity index (χ1) is 36.0. The number of Topliss-reactive ketones (excluding diaryl/α,β-unsaturated/α-hetero) is 3. The third-order valence-corrected chi connectivity index (χ3v) is 16.3. The van der Waals surface area contributed by atoms with Gasteiger partial charge in [0.15, 0.2) is 5.78 Å². The van der Waals surface area contributed by atoms with E-state index in [4.69, 9.17) is 33.1 Å². The van der Waals surface area contributed by atoms with Gasteiger partial charge < -0.3 is 53.3 Å². The molecule has 1 aliphatic carbocycles. The molecule has 2 unspecified atom stereocenters. The van der Waals surface area contributed by atoms with Crippen LogP contribution in [0, 0.1) is 46.8 Å². The van der Waals surface area contributed by atoms with Gasteiger partial charge in [-0.15, -0.1) is 0 Å². The Bertz CT molecular complexity index is 2070. The summed E-state index contributed by atoms with van der Waals surface area (Å²) in [7, 11) is 4.94. The summed E-state index contributed by atoms with van der Waals surface area (Å²) in [6, 6.07) is 0. The molecule has 1 saturated carbocycles. The number of amides is 1. The van der Waals surface area contributed by atoms with E-state index in [1.165, 1.54) is 12.0 Å². The van der Waals surface area contributed by atoms with Crippen molar-refractivity contribution in [3.8, 4) is 0 Å². The van der Waals surface area contributed by atoms with Gasteiger partial charge in [0.25, 0.3) is 19.2 Å². The van der Waals surface area contributed by atoms with Crippen molar-refractivity contribution < 1.29 is 77.2 Å². The quantitative estimate of drug-likeness (QED) is 0.0596. The molecule has 18 heteroatoms. The highest BCUT2D eigenvalue weighted by Crippen LogP contribution is 2.38. The van der Waals surface area contributed by atoms with Gasteiger partial charge in [0.05, 0.1) is 30.8 Å². The third-order valence-electron chi connectivity index (χ3n) is 16.3. The van der Waals surface area contributed by atoms with Gasteiger partial charge in [-0.25, -0.2) is 0 Å². The number of ketones is 3. The standard InChI is InChI=1S/C58H92BNO16/c1-13-59-73-34-57(9,33-61)56(68)75-46-24-22-42(29-49(46)71-11)28-38(5)48-31-45(62)37(4)27-40(7)51(64)52(72-12)50(63)39(6)26-35(2)18-15-14-16-19-36(3)47(70-10)30-44-23-21-41(8)58(69,76-44)53(65)54(66)60-25-17-20-43(32-60)55(67)74-48/h14-16,18-19,27,35,37-39,41-44,46-49,51-52,59,61,64,69H,13,17,20-26,28-34H2,1-12H3/b16-14+,18-15+,36-19+,40-27+/t35-,37-,38-,39-,41-,42+,43?,44+,46-,47+,48+,49-,51-,52+,57?,58-/m1/s1. The average Bonchev–Trinajstić information content (AvgIpc) is 3.40. The number of carbonyl (C=O) groups excluding carboxylic acids is 6. The van der Waals surface area contributed by atoms with Gasteiger partial charge in [0.1, 0.15) is 35.6 Å². The molecule has 428 valence electrons. The number of fused-ring (bicyclic) bond motifs is 4. The molecule has 16 atom stereocenters. The molecule has 1 amide bonds. The Hall–Kier alpha value is -3.88. The lowest BCUT2D eigenvalue weighted by atomic mass is 9.78. The summed E-state index contributed by atoms with van der Waals surface area (Å²) in [6.45, 7) is 15.8. The lowest BCUT2D eigenvalue weighted by molar-refractivity contribution is -0.265. The number of hydrogen-bond acceptors (Lipinski definition) is 16. The Morgan fingerprint density at radius 2 is 1.64 bits per heavy atom. The zero-order valence-corrected chi connectivity index (χ0v) is 47.7. The molecule has 3 N–H and O–H groups in total. The van der Waals surface area contributed by atoms with E-state index in [0.29, 0.717) is 77.3 Å². The average molecular weight is 1070 g/mol. The summed E-state index contributed by atoms with van der Waals surface area (Å²) < 4.78 is 41.4. The minimum atomic E-state index is -2.40. The van der Waals surface area contributed by atoms with Crippen molar-refractivity contribution in [3.63, 3.8) is 0 Å². The molecular weight excluding hydrogens is 977 g/mol. The number of nitrogens with zero attached hydrogens (tertiary/aromatic N) is 1. The predicted octanol–water partition coefficient (Wildman–Crippen LogP) is 6.39. The maximum absolute atomic E-state index is 14.4. The maximum Gasteiger partial charge on any atom is 0.316 e. The normalized spacial score (nSPS) is 37.0. The van der Waals surface area contributed by atoms with Gasteiger partial charge in [-0.2, -0.15) is 0 Å². The fraction of sp³-hybridized carbons (Fsp3) is 0.759. The van der Waals surface area contributed by atoms with E-state index in [1.807, 2.05) is 58.1 Å². The minimum Gasteiger partial charge on any atom is -0.461 e. The van der Waals surface area contributed by atoms with E-state index in [0.717, 1.165) is 11.9 Å². The zero-order valence-electron chi connectivity index (χ0n) is 47.7. The molecule has 76 heavy (non-hydrogen) atoms. The Morgan fingerprint density at radius 1 is 0.921 bits per heavy atom. The van der Waals surface area contributed by atoms with Crippen LogP contribution in [-0.2, 0) is 61.8 Å². The number of aliphatic hydroxyl groups is 3. The lowest BCUT2D eigenvalue weighted by Gasteiger charge is -2.42. The van der Waals surface area contributed by atoms with E-state index in [2.05, 4.69) is 0 Å². The summed E-state index contributed by atoms with van der Waals surface area (Å²) in [4.78, 5) is 85.3. The molecular formula is C58H92BNO16. The SMILES string of the molecule is CCBOCC(C)(CO)C(=O)O[C@@H]1CC[C@@H](C[C@@H](C)[C@@H]2CC(=O)[C@H](C)/C=C(\C)[C@@H](O)[C@@H](OC)C(=O)[C@H](C)C[C@H](C)/C=C/C=C/C=C(\C)[C@@H](OC)C[C@@H]3CC[C@@H](C)[C@@](O)(O3)C(=O)C(=O)N3CCCC(C3)C(=O)O2)C[C@H]1OC. The molecule has 3 fully saturated rings. The fourth-order valence-electron chi connectivity index (χ4n) is 11.1. The molecule has 2 saturated heterocycles. The molecule has 0 aromatic carbocycles. The van der Waals surface area contributed by atoms with Crippen LogP contribution in [0.15, 0.2) is 47.6 Å². The van der Waals surface area contributed by atoms with Gasteiger partial charge in [0.2, 0.25) is 5.79 Å². The van der Waals surface area contributed by atoms with Crippen LogP contribution in [0.1, 0.15) is 133 Å². The highest BCUT2D eigenvalue weighted by Gasteiger charge is 2.52. The number of cyclic esters (lactones) is 1. The Labute approximate surface area is 453 Å². The highest BCUT2D eigenvalue weighted by atomic mass is 16.6. The van der Waals surface area contributed by atoms with Gasteiger partial charge in [-0.3, -0.25) is 28.8 Å². The molecule has 0 spiro atoms. The Morgan fingerprint density at radius 3 is 2.30 bits per heavy atom. The van der Waals surface area contributed by atoms with Crippen molar-refractivity contribution in [2.45, 2.75) is 188 Å². The molecule has 4 aliphatic rings. The first kappa shape index (κ1) is 64.6. The van der Waals surface area contributed by atoms with E-state index >= 15 is 0 Å². The Kier molecular flexibility index (Phi) is 25.9. The van der Waals surface area contributed by atoms with E-state index < -0.39 is 108 Å². The number of aliphatic hydroxyl groups excluding tert-OH is 2. The number of hydrogen-bond donors (Lipinski definition) is 3. The molecule has 3 heterocycles. The number of allylic oxidation sites excluding steroid dienone is 6. The summed E-state index contributed by atoms with van der Waals surface area (Å²) in [5.74, 6) is -9.34. The molecule has 0 aromatic rings. The second-order valence-electron chi connectivity index (χ2n) is 22.8. The lowest BCUT2D eigenvalue weighted by Crippen LogP contribution is -2.59. The van der Waals surface area contributed by atoms with Crippen molar-refractivity contribution in [2.24, 2.45) is 46.8 Å². The molecule has 4 bridgehead atoms. The van der Waals surface area contributed by atoms with Crippen LogP contribution in [0.4, 0.5) is 0 Å². The van der Waals surface area contributed by atoms with Crippen molar-refractivity contribution in [3.05, 3.63) is 47.6 Å². The summed E-state index contributed by atoms with van der Waals surface area (Å²) in [5.41, 5.74) is 0.00134. The van der Waals surface area contributed by atoms with Crippen LogP contribution < -0.4 is 0 Å². The predicted molar refractivity (Wildman–Crippen MR) is 288 cm³/mol. The summed E-state index contributed by atoms with van der Waals surface area (Å²) in [6.07, 6.45) is 10.8. The van der Waals surface area contributed by atoms with Crippen molar-refractivity contribution in [1.29, 1.82) is 0 Å².